The Balaban J connectivity index is 1.44. The minimum Gasteiger partial charge on any atom is -0.335 e. The van der Waals surface area contributed by atoms with Gasteiger partial charge < -0.3 is 10.2 Å². The van der Waals surface area contributed by atoms with E-state index in [2.05, 4.69) is 34.6 Å². The number of rotatable bonds is 5. The molecule has 1 aromatic heterocycles. The summed E-state index contributed by atoms with van der Waals surface area (Å²) < 4.78 is 0. The molecule has 0 spiro atoms. The van der Waals surface area contributed by atoms with E-state index in [0.717, 1.165) is 19.3 Å². The van der Waals surface area contributed by atoms with E-state index in [4.69, 9.17) is 0 Å². The van der Waals surface area contributed by atoms with Crippen LogP contribution in [0.15, 0.2) is 36.5 Å². The number of hydrogen-bond acceptors (Lipinski definition) is 2. The van der Waals surface area contributed by atoms with Gasteiger partial charge in [-0.15, -0.1) is 0 Å². The van der Waals surface area contributed by atoms with Crippen LogP contribution in [0.5, 0.6) is 0 Å². The molecule has 25 heavy (non-hydrogen) atoms. The van der Waals surface area contributed by atoms with Crippen molar-refractivity contribution >= 4 is 6.03 Å². The SMILES string of the molecule is C[C@@H](C1CC1)N(Cc1ccccc1)C(=O)N[C@H]1CCc2[nH]ncc2C1. The fourth-order valence-corrected chi connectivity index (χ4v) is 3.81. The topological polar surface area (TPSA) is 61.0 Å². The first-order valence-corrected chi connectivity index (χ1v) is 9.33. The minimum atomic E-state index is 0.0696. The van der Waals surface area contributed by atoms with E-state index >= 15 is 0 Å². The van der Waals surface area contributed by atoms with Crippen LogP contribution in [0.2, 0.25) is 0 Å². The molecule has 132 valence electrons. The van der Waals surface area contributed by atoms with E-state index in [1.165, 1.54) is 29.7 Å². The van der Waals surface area contributed by atoms with Gasteiger partial charge in [0.05, 0.1) is 6.20 Å². The van der Waals surface area contributed by atoms with Crippen molar-refractivity contribution in [3.05, 3.63) is 53.3 Å². The fourth-order valence-electron chi connectivity index (χ4n) is 3.81. The molecule has 1 fully saturated rings. The Labute approximate surface area is 148 Å². The Morgan fingerprint density at radius 2 is 2.12 bits per heavy atom. The average Bonchev–Trinajstić information content (AvgIpc) is 3.38. The van der Waals surface area contributed by atoms with Gasteiger partial charge in [0, 0.05) is 24.3 Å². The third-order valence-electron chi connectivity index (χ3n) is 5.60. The Morgan fingerprint density at radius 1 is 1.32 bits per heavy atom. The van der Waals surface area contributed by atoms with Crippen molar-refractivity contribution in [3.8, 4) is 0 Å². The first kappa shape index (κ1) is 16.2. The van der Waals surface area contributed by atoms with Crippen molar-refractivity contribution in [2.24, 2.45) is 5.92 Å². The Hall–Kier alpha value is -2.30. The van der Waals surface area contributed by atoms with E-state index < -0.39 is 0 Å². The number of benzene rings is 1. The lowest BCUT2D eigenvalue weighted by Crippen LogP contribution is -2.50. The predicted octanol–water partition coefficient (Wildman–Crippen LogP) is 3.28. The Kier molecular flexibility index (Phi) is 4.47. The molecule has 2 aromatic rings. The van der Waals surface area contributed by atoms with Crippen molar-refractivity contribution in [1.82, 2.24) is 20.4 Å². The Morgan fingerprint density at radius 3 is 2.88 bits per heavy atom. The fraction of sp³-hybridized carbons (Fsp3) is 0.500. The van der Waals surface area contributed by atoms with Crippen molar-refractivity contribution in [1.29, 1.82) is 0 Å². The number of H-pyrrole nitrogens is 1. The van der Waals surface area contributed by atoms with Gasteiger partial charge in [-0.1, -0.05) is 30.3 Å². The molecule has 1 heterocycles. The van der Waals surface area contributed by atoms with Crippen LogP contribution >= 0.6 is 0 Å². The smallest absolute Gasteiger partial charge is 0.318 e. The number of amides is 2. The molecule has 2 aliphatic carbocycles. The van der Waals surface area contributed by atoms with Gasteiger partial charge in [-0.3, -0.25) is 5.10 Å². The largest absolute Gasteiger partial charge is 0.335 e. The highest BCUT2D eigenvalue weighted by Crippen LogP contribution is 2.35. The van der Waals surface area contributed by atoms with Crippen LogP contribution in [0.3, 0.4) is 0 Å². The monoisotopic (exact) mass is 338 g/mol. The van der Waals surface area contributed by atoms with Crippen LogP contribution in [0.4, 0.5) is 4.79 Å². The first-order chi connectivity index (χ1) is 12.2. The summed E-state index contributed by atoms with van der Waals surface area (Å²) in [4.78, 5) is 15.1. The van der Waals surface area contributed by atoms with Crippen molar-refractivity contribution < 1.29 is 4.79 Å². The third kappa shape index (κ3) is 3.70. The summed E-state index contributed by atoms with van der Waals surface area (Å²) >= 11 is 0. The number of aryl methyl sites for hydroxylation is 1. The van der Waals surface area contributed by atoms with Crippen molar-refractivity contribution in [2.75, 3.05) is 0 Å². The summed E-state index contributed by atoms with van der Waals surface area (Å²) in [6, 6.07) is 10.8. The maximum Gasteiger partial charge on any atom is 0.318 e. The number of hydrogen-bond donors (Lipinski definition) is 2. The van der Waals surface area contributed by atoms with Gasteiger partial charge in [-0.2, -0.15) is 5.10 Å². The highest BCUT2D eigenvalue weighted by molar-refractivity contribution is 5.75. The highest BCUT2D eigenvalue weighted by atomic mass is 16.2. The molecule has 2 amide bonds. The average molecular weight is 338 g/mol. The zero-order valence-corrected chi connectivity index (χ0v) is 14.7. The number of aromatic amines is 1. The number of carbonyl (C=O) groups is 1. The lowest BCUT2D eigenvalue weighted by Gasteiger charge is -2.32. The number of nitrogens with zero attached hydrogens (tertiary/aromatic N) is 2. The van der Waals surface area contributed by atoms with Gasteiger partial charge in [0.25, 0.3) is 0 Å². The summed E-state index contributed by atoms with van der Waals surface area (Å²) in [6.45, 7) is 2.86. The molecule has 5 heteroatoms. The summed E-state index contributed by atoms with van der Waals surface area (Å²) in [5.74, 6) is 0.654. The van der Waals surface area contributed by atoms with Gasteiger partial charge in [0.1, 0.15) is 0 Å². The van der Waals surface area contributed by atoms with Crippen LogP contribution in [-0.2, 0) is 19.4 Å². The van der Waals surface area contributed by atoms with Crippen LogP contribution < -0.4 is 5.32 Å². The first-order valence-electron chi connectivity index (χ1n) is 9.33. The second-order valence-electron chi connectivity index (χ2n) is 7.45. The molecule has 2 atom stereocenters. The van der Waals surface area contributed by atoms with E-state index in [1.807, 2.05) is 29.3 Å². The predicted molar refractivity (Wildman–Crippen MR) is 97.1 cm³/mol. The molecule has 1 aromatic carbocycles. The van der Waals surface area contributed by atoms with Crippen molar-refractivity contribution in [3.63, 3.8) is 0 Å². The van der Waals surface area contributed by atoms with Gasteiger partial charge in [-0.05, 0) is 56.1 Å². The zero-order valence-electron chi connectivity index (χ0n) is 14.7. The number of urea groups is 1. The lowest BCUT2D eigenvalue weighted by molar-refractivity contribution is 0.162. The van der Waals surface area contributed by atoms with E-state index in [9.17, 15) is 4.79 Å². The number of aromatic nitrogens is 2. The summed E-state index contributed by atoms with van der Waals surface area (Å²) in [5, 5.41) is 10.5. The Bertz CT molecular complexity index is 722. The minimum absolute atomic E-state index is 0.0696. The van der Waals surface area contributed by atoms with Crippen LogP contribution in [0.1, 0.15) is 43.0 Å². The van der Waals surface area contributed by atoms with E-state index in [-0.39, 0.29) is 18.1 Å². The molecular formula is C20H26N4O. The molecule has 0 aliphatic heterocycles. The second-order valence-corrected chi connectivity index (χ2v) is 7.45. The summed E-state index contributed by atoms with van der Waals surface area (Å²) in [5.41, 5.74) is 3.64. The summed E-state index contributed by atoms with van der Waals surface area (Å²) in [7, 11) is 0. The zero-order chi connectivity index (χ0) is 17.2. The second kappa shape index (κ2) is 6.90. The van der Waals surface area contributed by atoms with Crippen LogP contribution in [0.25, 0.3) is 0 Å². The van der Waals surface area contributed by atoms with Gasteiger partial charge in [0.2, 0.25) is 0 Å². The quantitative estimate of drug-likeness (QED) is 0.879. The van der Waals surface area contributed by atoms with Crippen LogP contribution in [0, 0.1) is 5.92 Å². The maximum absolute atomic E-state index is 13.0. The van der Waals surface area contributed by atoms with Crippen LogP contribution in [-0.4, -0.2) is 33.2 Å². The molecule has 5 nitrogen and oxygen atoms in total. The molecule has 2 N–H and O–H groups in total. The number of carbonyl (C=O) groups excluding carboxylic acids is 1. The standard InChI is InChI=1S/C20H26N4O/c1-14(16-7-8-16)24(13-15-5-3-2-4-6-15)20(25)22-18-9-10-19-17(11-18)12-21-23-19/h2-6,12,14,16,18H,7-11,13H2,1H3,(H,21,23)(H,22,25)/t14-,18-/m0/s1. The van der Waals surface area contributed by atoms with Gasteiger partial charge >= 0.3 is 6.03 Å². The van der Waals surface area contributed by atoms with E-state index in [1.54, 1.807) is 0 Å². The normalized spacial score (nSPS) is 20.6. The summed E-state index contributed by atoms with van der Waals surface area (Å²) in [6.07, 6.45) is 7.16. The molecule has 0 bridgehead atoms. The third-order valence-corrected chi connectivity index (χ3v) is 5.60. The molecule has 1 saturated carbocycles. The molecule has 4 rings (SSSR count). The molecule has 0 saturated heterocycles. The van der Waals surface area contributed by atoms with Crippen molar-refractivity contribution in [2.45, 2.75) is 57.7 Å². The van der Waals surface area contributed by atoms with Gasteiger partial charge in [-0.25, -0.2) is 4.79 Å². The molecular weight excluding hydrogens is 312 g/mol. The van der Waals surface area contributed by atoms with Gasteiger partial charge in [0.15, 0.2) is 0 Å². The molecule has 2 aliphatic rings. The molecule has 0 unspecified atom stereocenters. The number of nitrogens with one attached hydrogen (secondary N) is 2. The number of fused-ring (bicyclic) bond motifs is 1. The molecule has 0 radical (unpaired) electrons. The maximum atomic E-state index is 13.0. The highest BCUT2D eigenvalue weighted by Gasteiger charge is 2.35. The van der Waals surface area contributed by atoms with E-state index in [0.29, 0.717) is 12.5 Å². The lowest BCUT2D eigenvalue weighted by atomic mass is 9.94.